The van der Waals surface area contributed by atoms with Gasteiger partial charge in [0.1, 0.15) is 11.3 Å². The molecule has 0 fully saturated rings. The quantitative estimate of drug-likeness (QED) is 0.542. The molecule has 0 amide bonds. The summed E-state index contributed by atoms with van der Waals surface area (Å²) < 4.78 is 84.4. The maximum absolute atomic E-state index is 13.9. The molecule has 8 heteroatoms. The first kappa shape index (κ1) is 16.5. The van der Waals surface area contributed by atoms with Crippen LogP contribution in [0.1, 0.15) is 11.1 Å². The van der Waals surface area contributed by atoms with E-state index in [9.17, 15) is 26.3 Å². The van der Waals surface area contributed by atoms with Crippen LogP contribution < -0.4 is 4.74 Å². The molecular weight excluding hydrogens is 334 g/mol. The molecule has 0 aliphatic rings. The highest BCUT2D eigenvalue weighted by molar-refractivity contribution is 6.31. The van der Waals surface area contributed by atoms with E-state index in [1.54, 1.807) is 0 Å². The van der Waals surface area contributed by atoms with Gasteiger partial charge in [-0.3, -0.25) is 0 Å². The van der Waals surface area contributed by atoms with Gasteiger partial charge in [-0.25, -0.2) is 17.6 Å². The monoisotopic (exact) mass is 340 g/mol. The van der Waals surface area contributed by atoms with Crippen LogP contribution in [-0.4, -0.2) is 0 Å². The smallest absolute Gasteiger partial charge is 0.429 e. The number of benzene rings is 2. The number of hydrogen-bond acceptors (Lipinski definition) is 1. The maximum Gasteiger partial charge on any atom is 0.429 e. The molecule has 0 unspecified atom stereocenters. The normalized spacial score (nSPS) is 11.6. The fraction of sp³-hybridized carbons (Fsp3) is 0.143. The van der Waals surface area contributed by atoms with Crippen molar-refractivity contribution in [1.29, 1.82) is 0 Å². The fourth-order valence-electron chi connectivity index (χ4n) is 1.66. The first-order chi connectivity index (χ1) is 10.1. The molecule has 118 valence electrons. The highest BCUT2D eigenvalue weighted by Gasteiger charge is 2.39. The van der Waals surface area contributed by atoms with Crippen LogP contribution in [0.2, 0.25) is 5.02 Å². The van der Waals surface area contributed by atoms with Gasteiger partial charge in [-0.2, -0.15) is 8.78 Å². The summed E-state index contributed by atoms with van der Waals surface area (Å²) in [6.07, 6.45) is -4.27. The number of halogens is 7. The van der Waals surface area contributed by atoms with Crippen molar-refractivity contribution in [3.05, 3.63) is 63.7 Å². The van der Waals surface area contributed by atoms with Crippen molar-refractivity contribution in [3.63, 3.8) is 0 Å². The highest BCUT2D eigenvalue weighted by atomic mass is 35.5. The van der Waals surface area contributed by atoms with Crippen molar-refractivity contribution in [2.75, 3.05) is 0 Å². The van der Waals surface area contributed by atoms with Gasteiger partial charge >= 0.3 is 6.11 Å². The van der Waals surface area contributed by atoms with E-state index < -0.39 is 45.7 Å². The Labute approximate surface area is 126 Å². The lowest BCUT2D eigenvalue weighted by Crippen LogP contribution is -2.24. The molecule has 2 aromatic carbocycles. The molecule has 0 radical (unpaired) electrons. The minimum atomic E-state index is -4.27. The van der Waals surface area contributed by atoms with E-state index in [1.807, 2.05) is 0 Å². The average Bonchev–Trinajstić information content (AvgIpc) is 2.41. The third-order valence-electron chi connectivity index (χ3n) is 2.79. The van der Waals surface area contributed by atoms with E-state index in [4.69, 9.17) is 11.6 Å². The minimum Gasteiger partial charge on any atom is -0.429 e. The molecule has 0 saturated carbocycles. The Morgan fingerprint density at radius 3 is 2.05 bits per heavy atom. The van der Waals surface area contributed by atoms with Gasteiger partial charge < -0.3 is 4.74 Å². The Hall–Kier alpha value is -1.89. The second kappa shape index (κ2) is 5.72. The maximum atomic E-state index is 13.9. The molecule has 0 atom stereocenters. The van der Waals surface area contributed by atoms with Crippen LogP contribution in [0, 0.1) is 30.2 Å². The number of ether oxygens (including phenoxy) is 1. The third kappa shape index (κ3) is 2.99. The van der Waals surface area contributed by atoms with Gasteiger partial charge in [0.15, 0.2) is 23.3 Å². The SMILES string of the molecule is Cc1ccc(C(F)(F)Oc2cc(F)c(F)c(F)c2)c(F)c1Cl. The Bertz CT molecular complexity index is 709. The van der Waals surface area contributed by atoms with Gasteiger partial charge in [-0.05, 0) is 18.6 Å². The van der Waals surface area contributed by atoms with Crippen LogP contribution in [0.15, 0.2) is 24.3 Å². The molecule has 0 heterocycles. The zero-order chi connectivity index (χ0) is 16.7. The molecule has 0 spiro atoms. The van der Waals surface area contributed by atoms with E-state index in [-0.39, 0.29) is 17.7 Å². The molecule has 0 aliphatic heterocycles. The number of rotatable bonds is 3. The zero-order valence-corrected chi connectivity index (χ0v) is 11.6. The van der Waals surface area contributed by atoms with Gasteiger partial charge in [-0.15, -0.1) is 0 Å². The molecule has 0 saturated heterocycles. The lowest BCUT2D eigenvalue weighted by molar-refractivity contribution is -0.187. The number of aryl methyl sites for hydroxylation is 1. The Morgan fingerprint density at radius 2 is 1.50 bits per heavy atom. The summed E-state index contributed by atoms with van der Waals surface area (Å²) in [6, 6.07) is 2.30. The largest absolute Gasteiger partial charge is 0.429 e. The van der Waals surface area contributed by atoms with Gasteiger partial charge in [0.2, 0.25) is 0 Å². The van der Waals surface area contributed by atoms with E-state index in [0.717, 1.165) is 12.1 Å². The fourth-order valence-corrected chi connectivity index (χ4v) is 1.83. The van der Waals surface area contributed by atoms with Crippen LogP contribution in [0.5, 0.6) is 5.75 Å². The summed E-state index contributed by atoms with van der Waals surface area (Å²) in [4.78, 5) is 0. The van der Waals surface area contributed by atoms with E-state index >= 15 is 0 Å². The summed E-state index contributed by atoms with van der Waals surface area (Å²) in [5.41, 5.74) is -0.995. The molecule has 22 heavy (non-hydrogen) atoms. The van der Waals surface area contributed by atoms with Crippen molar-refractivity contribution in [1.82, 2.24) is 0 Å². The van der Waals surface area contributed by atoms with Gasteiger partial charge in [0.25, 0.3) is 0 Å². The van der Waals surface area contributed by atoms with Crippen LogP contribution >= 0.6 is 11.6 Å². The number of hydrogen-bond donors (Lipinski definition) is 0. The van der Waals surface area contributed by atoms with Gasteiger partial charge in [0, 0.05) is 12.1 Å². The van der Waals surface area contributed by atoms with Gasteiger partial charge in [0.05, 0.1) is 5.02 Å². The molecule has 2 aromatic rings. The van der Waals surface area contributed by atoms with E-state index in [1.165, 1.54) is 6.92 Å². The summed E-state index contributed by atoms with van der Waals surface area (Å²) in [5, 5.41) is -0.530. The average molecular weight is 341 g/mol. The summed E-state index contributed by atoms with van der Waals surface area (Å²) in [7, 11) is 0. The van der Waals surface area contributed by atoms with Crippen molar-refractivity contribution >= 4 is 11.6 Å². The third-order valence-corrected chi connectivity index (χ3v) is 3.26. The summed E-state index contributed by atoms with van der Waals surface area (Å²) >= 11 is 5.53. The Kier molecular flexibility index (Phi) is 4.28. The van der Waals surface area contributed by atoms with E-state index in [2.05, 4.69) is 4.74 Å². The molecular formula is C14H7ClF6O. The Balaban J connectivity index is 2.42. The summed E-state index contributed by atoms with van der Waals surface area (Å²) in [6.45, 7) is 1.40. The van der Waals surface area contributed by atoms with Crippen molar-refractivity contribution in [2.24, 2.45) is 0 Å². The molecule has 1 nitrogen and oxygen atoms in total. The molecule has 0 N–H and O–H groups in total. The van der Waals surface area contributed by atoms with E-state index in [0.29, 0.717) is 0 Å². The lowest BCUT2D eigenvalue weighted by atomic mass is 10.1. The van der Waals surface area contributed by atoms with Crippen molar-refractivity contribution < 1.29 is 31.1 Å². The van der Waals surface area contributed by atoms with Gasteiger partial charge in [-0.1, -0.05) is 17.7 Å². The molecule has 0 aliphatic carbocycles. The van der Waals surface area contributed by atoms with Crippen molar-refractivity contribution in [2.45, 2.75) is 13.0 Å². The van der Waals surface area contributed by atoms with Crippen LogP contribution in [0.3, 0.4) is 0 Å². The zero-order valence-electron chi connectivity index (χ0n) is 10.9. The lowest BCUT2D eigenvalue weighted by Gasteiger charge is -2.19. The Morgan fingerprint density at radius 1 is 0.955 bits per heavy atom. The number of alkyl halides is 2. The van der Waals surface area contributed by atoms with Crippen LogP contribution in [-0.2, 0) is 6.11 Å². The topological polar surface area (TPSA) is 9.23 Å². The molecule has 0 bridgehead atoms. The van der Waals surface area contributed by atoms with Crippen molar-refractivity contribution in [3.8, 4) is 5.75 Å². The second-order valence-electron chi connectivity index (χ2n) is 4.38. The predicted molar refractivity (Wildman–Crippen MR) is 67.0 cm³/mol. The molecule has 2 rings (SSSR count). The van der Waals surface area contributed by atoms with Crippen LogP contribution in [0.4, 0.5) is 26.3 Å². The molecule has 0 aromatic heterocycles. The van der Waals surface area contributed by atoms with Crippen LogP contribution in [0.25, 0.3) is 0 Å². The predicted octanol–water partition coefficient (Wildman–Crippen LogP) is 5.33. The first-order valence-electron chi connectivity index (χ1n) is 5.80. The minimum absolute atomic E-state index is 0.220. The second-order valence-corrected chi connectivity index (χ2v) is 4.76. The standard InChI is InChI=1S/C14H7ClF6O/c1-6-2-3-8(12(18)11(6)15)14(20,21)22-7-4-9(16)13(19)10(17)5-7/h2-5H,1H3. The first-order valence-corrected chi connectivity index (χ1v) is 6.17. The highest BCUT2D eigenvalue weighted by Crippen LogP contribution is 2.36. The summed E-state index contributed by atoms with van der Waals surface area (Å²) in [5.74, 6) is -7.69.